The van der Waals surface area contributed by atoms with Gasteiger partial charge in [-0.25, -0.2) is 15.1 Å². The molecular formula is C18H17F3N3O3S+. The highest BCUT2D eigenvalue weighted by Crippen LogP contribution is 2.31. The van der Waals surface area contributed by atoms with Crippen LogP contribution in [0.25, 0.3) is 5.57 Å². The summed E-state index contributed by atoms with van der Waals surface area (Å²) in [6.45, 7) is 3.62. The standard InChI is InChI=1S/C18H16F3N3O3S/c1-11(16(25)26-2)7-12(9-22-27-3)15-10-28-17(24-15)23-14-6-4-5-13(8-14)18(19,20)21/h4-10H,1H2,2-3H3,(H,23,24)/p+1/b12-7+,22-9+. The zero-order valence-corrected chi connectivity index (χ0v) is 15.8. The molecule has 28 heavy (non-hydrogen) atoms. The number of aromatic nitrogens is 1. The smallest absolute Gasteiger partial charge is 0.416 e. The Hall–Kier alpha value is -3.14. The number of ether oxygens (including phenoxy) is 1. The van der Waals surface area contributed by atoms with Crippen molar-refractivity contribution >= 4 is 39.9 Å². The van der Waals surface area contributed by atoms with Gasteiger partial charge in [-0.1, -0.05) is 29.1 Å². The summed E-state index contributed by atoms with van der Waals surface area (Å²) in [5, 5.41) is 8.74. The molecule has 1 heterocycles. The van der Waals surface area contributed by atoms with Crippen molar-refractivity contribution in [2.24, 2.45) is 5.16 Å². The number of allylic oxidation sites excluding steroid dienone is 1. The van der Waals surface area contributed by atoms with Gasteiger partial charge >= 0.3 is 17.3 Å². The van der Waals surface area contributed by atoms with Crippen molar-refractivity contribution in [2.45, 2.75) is 6.18 Å². The van der Waals surface area contributed by atoms with Crippen LogP contribution in [0.1, 0.15) is 11.3 Å². The summed E-state index contributed by atoms with van der Waals surface area (Å²) in [6.07, 6.45) is -1.62. The van der Waals surface area contributed by atoms with Crippen molar-refractivity contribution in [3.8, 4) is 0 Å². The first-order valence-corrected chi connectivity index (χ1v) is 8.63. The third-order valence-corrected chi connectivity index (χ3v) is 4.17. The normalized spacial score (nSPS) is 12.1. The molecule has 0 saturated heterocycles. The Morgan fingerprint density at radius 1 is 1.36 bits per heavy atom. The number of methoxy groups -OCH3 is 1. The van der Waals surface area contributed by atoms with Gasteiger partial charge in [-0.15, -0.1) is 0 Å². The van der Waals surface area contributed by atoms with Crippen LogP contribution in [-0.2, 0) is 20.5 Å². The monoisotopic (exact) mass is 412 g/mol. The minimum Gasteiger partial charge on any atom is -0.465 e. The number of halogens is 3. The lowest BCUT2D eigenvalue weighted by Crippen LogP contribution is -2.12. The van der Waals surface area contributed by atoms with E-state index in [0.29, 0.717) is 16.4 Å². The molecule has 2 N–H and O–H groups in total. The van der Waals surface area contributed by atoms with E-state index >= 15 is 0 Å². The molecule has 1 aromatic heterocycles. The summed E-state index contributed by atoms with van der Waals surface area (Å²) in [5.41, 5.74) is 0.619. The number of hydrogen-bond donors (Lipinski definition) is 1. The number of nitrogens with one attached hydrogen (secondary N) is 2. The molecule has 0 bridgehead atoms. The van der Waals surface area contributed by atoms with Crippen LogP contribution in [0.4, 0.5) is 24.0 Å². The number of carbonyl (C=O) groups is 1. The lowest BCUT2D eigenvalue weighted by atomic mass is 10.1. The molecule has 0 radical (unpaired) electrons. The van der Waals surface area contributed by atoms with Gasteiger partial charge in [0.25, 0.3) is 0 Å². The lowest BCUT2D eigenvalue weighted by Gasteiger charge is -2.06. The maximum absolute atomic E-state index is 12.8. The second kappa shape index (κ2) is 9.18. The molecule has 1 aromatic carbocycles. The van der Waals surface area contributed by atoms with Gasteiger partial charge in [-0.2, -0.15) is 13.2 Å². The first kappa shape index (κ1) is 21.2. The van der Waals surface area contributed by atoms with Gasteiger partial charge in [0.15, 0.2) is 0 Å². The summed E-state index contributed by atoms with van der Waals surface area (Å²) in [6, 6.07) is 4.84. The Morgan fingerprint density at radius 3 is 2.75 bits per heavy atom. The number of esters is 1. The highest BCUT2D eigenvalue weighted by molar-refractivity contribution is 7.13. The van der Waals surface area contributed by atoms with E-state index < -0.39 is 17.7 Å². The van der Waals surface area contributed by atoms with Crippen molar-refractivity contribution < 1.29 is 32.5 Å². The zero-order valence-electron chi connectivity index (χ0n) is 15.0. The molecule has 148 valence electrons. The maximum atomic E-state index is 12.8. The van der Waals surface area contributed by atoms with Crippen LogP contribution in [0.3, 0.4) is 0 Å². The average molecular weight is 412 g/mol. The van der Waals surface area contributed by atoms with Crippen molar-refractivity contribution in [1.29, 1.82) is 0 Å². The van der Waals surface area contributed by atoms with Gasteiger partial charge in [0, 0.05) is 11.0 Å². The van der Waals surface area contributed by atoms with Crippen LogP contribution in [0.5, 0.6) is 0 Å². The number of carbonyl (C=O) groups excluding carboxylic acids is 1. The molecule has 6 nitrogen and oxygen atoms in total. The third-order valence-electron chi connectivity index (χ3n) is 3.38. The van der Waals surface area contributed by atoms with E-state index in [4.69, 9.17) is 0 Å². The second-order valence-corrected chi connectivity index (χ2v) is 6.22. The zero-order chi connectivity index (χ0) is 20.7. The number of oxime groups is 1. The molecule has 10 heteroatoms. The predicted molar refractivity (Wildman–Crippen MR) is 100 cm³/mol. The van der Waals surface area contributed by atoms with Crippen LogP contribution in [0.15, 0.2) is 53.0 Å². The number of aromatic amines is 1. The van der Waals surface area contributed by atoms with E-state index in [2.05, 4.69) is 31.6 Å². The highest BCUT2D eigenvalue weighted by Gasteiger charge is 2.31. The van der Waals surface area contributed by atoms with E-state index in [1.165, 1.54) is 50.0 Å². The molecule has 0 amide bonds. The average Bonchev–Trinajstić information content (AvgIpc) is 3.12. The number of alkyl halides is 3. The van der Waals surface area contributed by atoms with E-state index in [1.807, 2.05) is 0 Å². The summed E-state index contributed by atoms with van der Waals surface area (Å²) >= 11 is 1.22. The van der Waals surface area contributed by atoms with Crippen molar-refractivity contribution in [2.75, 3.05) is 19.5 Å². The van der Waals surface area contributed by atoms with Gasteiger partial charge in [-0.3, -0.25) is 0 Å². The number of H-pyrrole nitrogens is 1. The van der Waals surface area contributed by atoms with E-state index in [0.717, 1.165) is 12.1 Å². The first-order valence-electron chi connectivity index (χ1n) is 7.75. The number of nitrogens with zero attached hydrogens (tertiary/aromatic N) is 1. The van der Waals surface area contributed by atoms with Gasteiger partial charge in [-0.05, 0) is 24.3 Å². The van der Waals surface area contributed by atoms with Crippen LogP contribution in [-0.4, -0.2) is 26.4 Å². The van der Waals surface area contributed by atoms with Crippen LogP contribution in [0, 0.1) is 0 Å². The Balaban J connectivity index is 2.27. The largest absolute Gasteiger partial charge is 0.465 e. The fourth-order valence-corrected chi connectivity index (χ4v) is 2.85. The molecule has 0 fully saturated rings. The molecule has 0 aliphatic heterocycles. The Bertz CT molecular complexity index is 920. The van der Waals surface area contributed by atoms with E-state index in [1.54, 1.807) is 5.38 Å². The molecule has 0 aliphatic rings. The van der Waals surface area contributed by atoms with E-state index in [9.17, 15) is 18.0 Å². The number of thiazole rings is 1. The molecular weight excluding hydrogens is 395 g/mol. The number of anilines is 2. The summed E-state index contributed by atoms with van der Waals surface area (Å²) in [4.78, 5) is 19.2. The van der Waals surface area contributed by atoms with Gasteiger partial charge in [0.05, 0.1) is 24.5 Å². The van der Waals surface area contributed by atoms with Crippen LogP contribution >= 0.6 is 11.3 Å². The first-order chi connectivity index (χ1) is 13.2. The maximum Gasteiger partial charge on any atom is 0.416 e. The van der Waals surface area contributed by atoms with Crippen molar-refractivity contribution in [3.63, 3.8) is 0 Å². The van der Waals surface area contributed by atoms with Crippen molar-refractivity contribution in [3.05, 3.63) is 59.1 Å². The molecule has 0 unspecified atom stereocenters. The van der Waals surface area contributed by atoms with E-state index in [-0.39, 0.29) is 11.3 Å². The number of rotatable bonds is 7. The Morgan fingerprint density at radius 2 is 2.11 bits per heavy atom. The quantitative estimate of drug-likeness (QED) is 0.245. The van der Waals surface area contributed by atoms with Crippen molar-refractivity contribution in [1.82, 2.24) is 0 Å². The Labute approximate surface area is 163 Å². The van der Waals surface area contributed by atoms with Gasteiger partial charge in [0.1, 0.15) is 18.5 Å². The third kappa shape index (κ3) is 5.68. The number of hydrogen-bond acceptors (Lipinski definition) is 6. The molecule has 0 spiro atoms. The molecule has 0 aliphatic carbocycles. The minimum atomic E-state index is -4.43. The fourth-order valence-electron chi connectivity index (χ4n) is 2.08. The molecule has 0 saturated carbocycles. The predicted octanol–water partition coefficient (Wildman–Crippen LogP) is 4.07. The lowest BCUT2D eigenvalue weighted by molar-refractivity contribution is -0.357. The minimum absolute atomic E-state index is 0.0899. The molecule has 0 atom stereocenters. The van der Waals surface area contributed by atoms with Gasteiger partial charge in [0.2, 0.25) is 0 Å². The summed E-state index contributed by atoms with van der Waals surface area (Å²) in [7, 11) is 2.60. The molecule has 2 rings (SSSR count). The summed E-state index contributed by atoms with van der Waals surface area (Å²) < 4.78 is 43.1. The van der Waals surface area contributed by atoms with Gasteiger partial charge < -0.3 is 9.57 Å². The second-order valence-electron chi connectivity index (χ2n) is 5.34. The fraction of sp³-hybridized carbons (Fsp3) is 0.167. The van der Waals surface area contributed by atoms with Crippen LogP contribution in [0.2, 0.25) is 0 Å². The van der Waals surface area contributed by atoms with Crippen LogP contribution < -0.4 is 10.3 Å². The topological polar surface area (TPSA) is 74.1 Å². The highest BCUT2D eigenvalue weighted by atomic mass is 32.1. The Kier molecular flexibility index (Phi) is 6.94. The number of benzene rings is 1. The summed E-state index contributed by atoms with van der Waals surface area (Å²) in [5.74, 6) is -0.610. The SMILES string of the molecule is C=C(/C=C(\C=N\OC)c1csc(Nc2cccc(C(F)(F)F)c2)[nH+]1)C(=O)OC. The molecule has 2 aromatic rings.